The number of aliphatic hydroxyl groups excluding tert-OH is 1. The number of thiazole rings is 1. The number of anilines is 1. The summed E-state index contributed by atoms with van der Waals surface area (Å²) in [7, 11) is 1.54. The highest BCUT2D eigenvalue weighted by atomic mass is 32.1. The first-order chi connectivity index (χ1) is 14.1. The maximum atomic E-state index is 12.3. The minimum Gasteiger partial charge on any atom is -0.495 e. The molecule has 1 heterocycles. The molecule has 29 heavy (non-hydrogen) atoms. The van der Waals surface area contributed by atoms with Crippen LogP contribution in [0.25, 0.3) is 0 Å². The fourth-order valence-electron chi connectivity index (χ4n) is 2.55. The molecule has 0 spiro atoms. The molecular formula is C21H20N2O5S. The van der Waals surface area contributed by atoms with Crippen LogP contribution in [0.15, 0.2) is 53.9 Å². The summed E-state index contributed by atoms with van der Waals surface area (Å²) in [5, 5.41) is 14.2. The van der Waals surface area contributed by atoms with E-state index in [1.807, 2.05) is 12.1 Å². The van der Waals surface area contributed by atoms with Crippen molar-refractivity contribution in [2.75, 3.05) is 12.4 Å². The zero-order valence-electron chi connectivity index (χ0n) is 15.8. The number of carbonyl (C=O) groups excluding carboxylic acids is 2. The number of carbonyl (C=O) groups is 2. The van der Waals surface area contributed by atoms with Crippen LogP contribution < -0.4 is 10.1 Å². The summed E-state index contributed by atoms with van der Waals surface area (Å²) < 4.78 is 10.5. The van der Waals surface area contributed by atoms with Crippen LogP contribution >= 0.6 is 11.3 Å². The zero-order valence-corrected chi connectivity index (χ0v) is 16.6. The summed E-state index contributed by atoms with van der Waals surface area (Å²) in [6.07, 6.45) is 0.110. The van der Waals surface area contributed by atoms with Crippen LogP contribution in [0.2, 0.25) is 0 Å². The molecule has 0 saturated carbocycles. The Morgan fingerprint density at radius 1 is 1.14 bits per heavy atom. The highest BCUT2D eigenvalue weighted by Crippen LogP contribution is 2.23. The molecule has 1 aromatic heterocycles. The molecule has 0 saturated heterocycles. The van der Waals surface area contributed by atoms with Crippen molar-refractivity contribution in [2.45, 2.75) is 19.6 Å². The SMILES string of the molecule is COc1ccccc1NC(=O)Cc1nc(COC(=O)c2ccc(CO)cc2)cs1. The lowest BCUT2D eigenvalue weighted by Gasteiger charge is -2.08. The van der Waals surface area contributed by atoms with E-state index in [-0.39, 0.29) is 25.5 Å². The maximum absolute atomic E-state index is 12.3. The van der Waals surface area contributed by atoms with Crippen LogP contribution in [0.4, 0.5) is 5.69 Å². The second-order valence-electron chi connectivity index (χ2n) is 6.09. The first-order valence-corrected chi connectivity index (χ1v) is 9.70. The first-order valence-electron chi connectivity index (χ1n) is 8.82. The Hall–Kier alpha value is -3.23. The van der Waals surface area contributed by atoms with Gasteiger partial charge in [-0.15, -0.1) is 11.3 Å². The fraction of sp³-hybridized carbons (Fsp3) is 0.190. The topological polar surface area (TPSA) is 97.8 Å². The van der Waals surface area contributed by atoms with Crippen molar-refractivity contribution in [3.8, 4) is 5.75 Å². The van der Waals surface area contributed by atoms with Gasteiger partial charge in [0.2, 0.25) is 5.91 Å². The Labute approximate surface area is 171 Å². The van der Waals surface area contributed by atoms with Gasteiger partial charge in [0.05, 0.1) is 37.1 Å². The van der Waals surface area contributed by atoms with Gasteiger partial charge in [0.25, 0.3) is 0 Å². The average Bonchev–Trinajstić information content (AvgIpc) is 3.19. The molecule has 2 N–H and O–H groups in total. The molecule has 0 aliphatic heterocycles. The van der Waals surface area contributed by atoms with Gasteiger partial charge in [0.15, 0.2) is 0 Å². The van der Waals surface area contributed by atoms with Crippen molar-refractivity contribution in [3.63, 3.8) is 0 Å². The lowest BCUT2D eigenvalue weighted by atomic mass is 10.1. The Morgan fingerprint density at radius 2 is 1.90 bits per heavy atom. The summed E-state index contributed by atoms with van der Waals surface area (Å²) in [4.78, 5) is 28.7. The fourth-order valence-corrected chi connectivity index (χ4v) is 3.32. The van der Waals surface area contributed by atoms with Gasteiger partial charge in [-0.3, -0.25) is 4.79 Å². The molecule has 0 unspecified atom stereocenters. The van der Waals surface area contributed by atoms with Crippen molar-refractivity contribution < 1.29 is 24.2 Å². The third-order valence-electron chi connectivity index (χ3n) is 4.02. The minimum absolute atomic E-state index is 0.0191. The van der Waals surface area contributed by atoms with Crippen molar-refractivity contribution >= 4 is 28.9 Å². The van der Waals surface area contributed by atoms with Gasteiger partial charge in [-0.05, 0) is 29.8 Å². The summed E-state index contributed by atoms with van der Waals surface area (Å²) >= 11 is 1.33. The predicted molar refractivity (Wildman–Crippen MR) is 109 cm³/mol. The molecule has 1 amide bonds. The van der Waals surface area contributed by atoms with Crippen molar-refractivity contribution in [1.29, 1.82) is 0 Å². The van der Waals surface area contributed by atoms with Gasteiger partial charge in [0.1, 0.15) is 17.4 Å². The van der Waals surface area contributed by atoms with E-state index in [0.717, 1.165) is 5.56 Å². The quantitative estimate of drug-likeness (QED) is 0.552. The second-order valence-corrected chi connectivity index (χ2v) is 7.03. The number of hydrogen-bond acceptors (Lipinski definition) is 7. The lowest BCUT2D eigenvalue weighted by molar-refractivity contribution is -0.115. The van der Waals surface area contributed by atoms with Crippen molar-refractivity contribution in [3.05, 3.63) is 75.7 Å². The number of nitrogens with one attached hydrogen (secondary N) is 1. The third kappa shape index (κ3) is 5.63. The molecule has 0 bridgehead atoms. The van der Waals surface area contributed by atoms with E-state index in [2.05, 4.69) is 10.3 Å². The number of aliphatic hydroxyl groups is 1. The maximum Gasteiger partial charge on any atom is 0.338 e. The molecule has 0 fully saturated rings. The largest absolute Gasteiger partial charge is 0.495 e. The summed E-state index contributed by atoms with van der Waals surface area (Å²) in [6, 6.07) is 13.7. The Balaban J connectivity index is 1.52. The molecule has 3 aromatic rings. The summed E-state index contributed by atoms with van der Waals surface area (Å²) in [6.45, 7) is -0.0627. The van der Waals surface area contributed by atoms with Crippen molar-refractivity contribution in [1.82, 2.24) is 4.98 Å². The Morgan fingerprint density at radius 3 is 2.62 bits per heavy atom. The number of para-hydroxylation sites is 2. The Kier molecular flexibility index (Phi) is 6.94. The van der Waals surface area contributed by atoms with E-state index in [9.17, 15) is 9.59 Å². The smallest absolute Gasteiger partial charge is 0.338 e. The highest BCUT2D eigenvalue weighted by Gasteiger charge is 2.12. The number of nitrogens with zero attached hydrogens (tertiary/aromatic N) is 1. The van der Waals surface area contributed by atoms with Gasteiger partial charge in [-0.25, -0.2) is 9.78 Å². The molecule has 0 aliphatic rings. The number of ether oxygens (including phenoxy) is 2. The van der Waals surface area contributed by atoms with E-state index >= 15 is 0 Å². The van der Waals surface area contributed by atoms with E-state index in [1.165, 1.54) is 11.3 Å². The van der Waals surface area contributed by atoms with Crippen LogP contribution in [-0.2, 0) is 29.2 Å². The average molecular weight is 412 g/mol. The molecule has 0 atom stereocenters. The number of rotatable bonds is 8. The molecule has 0 radical (unpaired) electrons. The van der Waals surface area contributed by atoms with Crippen LogP contribution in [0.5, 0.6) is 5.75 Å². The monoisotopic (exact) mass is 412 g/mol. The van der Waals surface area contributed by atoms with Crippen LogP contribution in [0.1, 0.15) is 26.6 Å². The molecule has 8 heteroatoms. The summed E-state index contributed by atoms with van der Waals surface area (Å²) in [5.41, 5.74) is 2.29. The molecular weight excluding hydrogens is 392 g/mol. The van der Waals surface area contributed by atoms with Gasteiger partial charge in [0, 0.05) is 5.38 Å². The summed E-state index contributed by atoms with van der Waals surface area (Å²) in [5.74, 6) is -0.103. The van der Waals surface area contributed by atoms with Crippen LogP contribution in [0.3, 0.4) is 0 Å². The second kappa shape index (κ2) is 9.81. The van der Waals surface area contributed by atoms with Crippen LogP contribution in [0, 0.1) is 0 Å². The van der Waals surface area contributed by atoms with Gasteiger partial charge in [-0.1, -0.05) is 24.3 Å². The van der Waals surface area contributed by atoms with E-state index in [0.29, 0.717) is 27.7 Å². The number of esters is 1. The lowest BCUT2D eigenvalue weighted by Crippen LogP contribution is -2.15. The number of amides is 1. The van der Waals surface area contributed by atoms with Gasteiger partial charge >= 0.3 is 5.97 Å². The third-order valence-corrected chi connectivity index (χ3v) is 4.91. The first kappa shape index (κ1) is 20.5. The van der Waals surface area contributed by atoms with Gasteiger partial charge in [-0.2, -0.15) is 0 Å². The molecule has 150 valence electrons. The van der Waals surface area contributed by atoms with E-state index in [1.54, 1.807) is 48.9 Å². The van der Waals surface area contributed by atoms with Gasteiger partial charge < -0.3 is 19.9 Å². The molecule has 7 nitrogen and oxygen atoms in total. The Bertz CT molecular complexity index is 985. The number of hydrogen-bond donors (Lipinski definition) is 2. The number of aromatic nitrogens is 1. The zero-order chi connectivity index (χ0) is 20.6. The normalized spacial score (nSPS) is 10.4. The molecule has 0 aliphatic carbocycles. The highest BCUT2D eigenvalue weighted by molar-refractivity contribution is 7.09. The van der Waals surface area contributed by atoms with Crippen LogP contribution in [-0.4, -0.2) is 29.1 Å². The minimum atomic E-state index is -0.474. The van der Waals surface area contributed by atoms with Crippen molar-refractivity contribution in [2.24, 2.45) is 0 Å². The molecule has 3 rings (SSSR count). The van der Waals surface area contributed by atoms with E-state index < -0.39 is 5.97 Å². The number of methoxy groups -OCH3 is 1. The molecule has 2 aromatic carbocycles. The number of benzene rings is 2. The standard InChI is InChI=1S/C21H20N2O5S/c1-27-18-5-3-2-4-17(18)23-19(25)10-20-22-16(13-29-20)12-28-21(26)15-8-6-14(11-24)7-9-15/h2-9,13,24H,10-12H2,1H3,(H,23,25). The predicted octanol–water partition coefficient (Wildman–Crippen LogP) is 3.18. The van der Waals surface area contributed by atoms with E-state index in [4.69, 9.17) is 14.6 Å².